The highest BCUT2D eigenvalue weighted by atomic mass is 16.5. The van der Waals surface area contributed by atoms with E-state index in [1.54, 1.807) is 6.08 Å². The second-order valence-electron chi connectivity index (χ2n) is 3.99. The van der Waals surface area contributed by atoms with Crippen molar-refractivity contribution < 1.29 is 9.53 Å². The maximum atomic E-state index is 9.95. The molecule has 1 heterocycles. The number of isocyanates is 1. The number of nitrogens with zero attached hydrogens (tertiary/aromatic N) is 2. The van der Waals surface area contributed by atoms with E-state index in [-0.39, 0.29) is 0 Å². The fourth-order valence-electron chi connectivity index (χ4n) is 1.93. The molecule has 0 unspecified atom stereocenters. The Morgan fingerprint density at radius 1 is 1.24 bits per heavy atom. The molecule has 0 amide bonds. The molecule has 0 aromatic heterocycles. The minimum atomic E-state index is 0.514. The molecule has 90 valence electrons. The van der Waals surface area contributed by atoms with Crippen molar-refractivity contribution in [1.82, 2.24) is 0 Å². The molecule has 0 bridgehead atoms. The minimum Gasteiger partial charge on any atom is -0.378 e. The Labute approximate surface area is 101 Å². The molecule has 1 fully saturated rings. The van der Waals surface area contributed by atoms with E-state index in [9.17, 15) is 4.79 Å². The van der Waals surface area contributed by atoms with Crippen LogP contribution in [0.5, 0.6) is 0 Å². The molecule has 1 aromatic carbocycles. The highest BCUT2D eigenvalue weighted by Gasteiger charge is 2.10. The monoisotopic (exact) mass is 232 g/mol. The van der Waals surface area contributed by atoms with Crippen molar-refractivity contribution in [3.8, 4) is 0 Å². The van der Waals surface area contributed by atoms with Crippen molar-refractivity contribution in [3.63, 3.8) is 0 Å². The Kier molecular flexibility index (Phi) is 4.30. The van der Waals surface area contributed by atoms with Crippen molar-refractivity contribution in [2.75, 3.05) is 37.7 Å². The molecular weight excluding hydrogens is 216 g/mol. The SMILES string of the molecule is O=C=NCCc1ccc(N2CCOCC2)cc1. The van der Waals surface area contributed by atoms with Gasteiger partial charge in [-0.25, -0.2) is 9.79 Å². The second kappa shape index (κ2) is 6.18. The summed E-state index contributed by atoms with van der Waals surface area (Å²) in [7, 11) is 0. The number of hydrogen-bond donors (Lipinski definition) is 0. The molecule has 1 saturated heterocycles. The maximum Gasteiger partial charge on any atom is 0.234 e. The summed E-state index contributed by atoms with van der Waals surface area (Å²) < 4.78 is 5.32. The highest BCUT2D eigenvalue weighted by molar-refractivity contribution is 5.48. The van der Waals surface area contributed by atoms with Gasteiger partial charge in [0.05, 0.1) is 19.8 Å². The lowest BCUT2D eigenvalue weighted by atomic mass is 10.1. The summed E-state index contributed by atoms with van der Waals surface area (Å²) in [4.78, 5) is 15.8. The van der Waals surface area contributed by atoms with Crippen LogP contribution in [-0.4, -0.2) is 38.9 Å². The average Bonchev–Trinajstić information content (AvgIpc) is 2.41. The van der Waals surface area contributed by atoms with Gasteiger partial charge in [0.25, 0.3) is 0 Å². The fraction of sp³-hybridized carbons (Fsp3) is 0.462. The van der Waals surface area contributed by atoms with Gasteiger partial charge in [-0.2, -0.15) is 0 Å². The van der Waals surface area contributed by atoms with E-state index in [1.807, 2.05) is 0 Å². The van der Waals surface area contributed by atoms with E-state index >= 15 is 0 Å². The van der Waals surface area contributed by atoms with Crippen LogP contribution in [0, 0.1) is 0 Å². The number of anilines is 1. The molecule has 17 heavy (non-hydrogen) atoms. The van der Waals surface area contributed by atoms with Gasteiger partial charge in [0.1, 0.15) is 0 Å². The summed E-state index contributed by atoms with van der Waals surface area (Å²) >= 11 is 0. The molecule has 0 aliphatic carbocycles. The van der Waals surface area contributed by atoms with Crippen molar-refractivity contribution in [1.29, 1.82) is 0 Å². The van der Waals surface area contributed by atoms with Gasteiger partial charge in [-0.05, 0) is 24.1 Å². The molecule has 0 spiro atoms. The first-order valence-corrected chi connectivity index (χ1v) is 5.85. The van der Waals surface area contributed by atoms with Crippen LogP contribution in [0.15, 0.2) is 29.3 Å². The number of ether oxygens (including phenoxy) is 1. The van der Waals surface area contributed by atoms with Gasteiger partial charge in [-0.1, -0.05) is 12.1 Å². The van der Waals surface area contributed by atoms with E-state index in [4.69, 9.17) is 4.74 Å². The van der Waals surface area contributed by atoms with Crippen LogP contribution in [0.1, 0.15) is 5.56 Å². The zero-order valence-corrected chi connectivity index (χ0v) is 9.76. The minimum absolute atomic E-state index is 0.514. The lowest BCUT2D eigenvalue weighted by Gasteiger charge is -2.28. The van der Waals surface area contributed by atoms with Gasteiger partial charge in [-0.3, -0.25) is 0 Å². The summed E-state index contributed by atoms with van der Waals surface area (Å²) in [5, 5.41) is 0. The summed E-state index contributed by atoms with van der Waals surface area (Å²) in [6.45, 7) is 4.02. The van der Waals surface area contributed by atoms with Crippen molar-refractivity contribution in [2.24, 2.45) is 4.99 Å². The molecule has 0 atom stereocenters. The number of rotatable bonds is 4. The molecule has 2 rings (SSSR count). The van der Waals surface area contributed by atoms with Gasteiger partial charge < -0.3 is 9.64 Å². The van der Waals surface area contributed by atoms with E-state index < -0.39 is 0 Å². The van der Waals surface area contributed by atoms with Gasteiger partial charge in [0.15, 0.2) is 0 Å². The summed E-state index contributed by atoms with van der Waals surface area (Å²) in [5.74, 6) is 0. The Balaban J connectivity index is 1.94. The lowest BCUT2D eigenvalue weighted by molar-refractivity contribution is 0.122. The number of morpholine rings is 1. The second-order valence-corrected chi connectivity index (χ2v) is 3.99. The smallest absolute Gasteiger partial charge is 0.234 e. The largest absolute Gasteiger partial charge is 0.378 e. The Morgan fingerprint density at radius 3 is 2.59 bits per heavy atom. The third-order valence-corrected chi connectivity index (χ3v) is 2.89. The lowest BCUT2D eigenvalue weighted by Crippen LogP contribution is -2.36. The van der Waals surface area contributed by atoms with Crippen LogP contribution in [0.4, 0.5) is 5.69 Å². The average molecular weight is 232 g/mol. The summed E-state index contributed by atoms with van der Waals surface area (Å²) in [5.41, 5.74) is 2.43. The van der Waals surface area contributed by atoms with Crippen LogP contribution in [0.25, 0.3) is 0 Å². The molecule has 1 aromatic rings. The first-order chi connectivity index (χ1) is 8.40. The molecule has 0 N–H and O–H groups in total. The van der Waals surface area contributed by atoms with Crippen LogP contribution < -0.4 is 4.90 Å². The van der Waals surface area contributed by atoms with Crippen molar-refractivity contribution in [2.45, 2.75) is 6.42 Å². The standard InChI is InChI=1S/C13H16N2O2/c16-11-14-6-5-12-1-3-13(4-2-12)15-7-9-17-10-8-15/h1-4H,5-10H2. The molecule has 0 saturated carbocycles. The molecule has 4 heteroatoms. The topological polar surface area (TPSA) is 41.9 Å². The third kappa shape index (κ3) is 3.41. The Hall–Kier alpha value is -1.64. The summed E-state index contributed by atoms with van der Waals surface area (Å²) in [6.07, 6.45) is 2.34. The van der Waals surface area contributed by atoms with E-state index in [2.05, 4.69) is 34.2 Å². The molecule has 0 radical (unpaired) electrons. The molecule has 4 nitrogen and oxygen atoms in total. The van der Waals surface area contributed by atoms with E-state index in [0.717, 1.165) is 32.7 Å². The van der Waals surface area contributed by atoms with E-state index in [0.29, 0.717) is 6.54 Å². The third-order valence-electron chi connectivity index (χ3n) is 2.89. The summed E-state index contributed by atoms with van der Waals surface area (Å²) in [6, 6.07) is 8.41. The Bertz CT molecular complexity index is 390. The maximum absolute atomic E-state index is 9.95. The zero-order valence-electron chi connectivity index (χ0n) is 9.76. The van der Waals surface area contributed by atoms with Crippen LogP contribution in [-0.2, 0) is 16.0 Å². The number of hydrogen-bond acceptors (Lipinski definition) is 4. The van der Waals surface area contributed by atoms with Crippen molar-refractivity contribution in [3.05, 3.63) is 29.8 Å². The van der Waals surface area contributed by atoms with E-state index in [1.165, 1.54) is 11.3 Å². The first kappa shape index (κ1) is 11.8. The number of carbonyl (C=O) groups excluding carboxylic acids is 1. The fourth-order valence-corrected chi connectivity index (χ4v) is 1.93. The van der Waals surface area contributed by atoms with Gasteiger partial charge in [-0.15, -0.1) is 0 Å². The molecule has 1 aliphatic heterocycles. The number of aliphatic imine (C=N–C) groups is 1. The van der Waals surface area contributed by atoms with Crippen LogP contribution >= 0.6 is 0 Å². The van der Waals surface area contributed by atoms with Crippen LogP contribution in [0.3, 0.4) is 0 Å². The van der Waals surface area contributed by atoms with Crippen LogP contribution in [0.2, 0.25) is 0 Å². The van der Waals surface area contributed by atoms with Gasteiger partial charge in [0, 0.05) is 18.8 Å². The zero-order chi connectivity index (χ0) is 11.9. The van der Waals surface area contributed by atoms with Gasteiger partial charge >= 0.3 is 0 Å². The molecule has 1 aliphatic rings. The normalized spacial score (nSPS) is 15.4. The van der Waals surface area contributed by atoms with Gasteiger partial charge in [0.2, 0.25) is 6.08 Å². The molecular formula is C13H16N2O2. The quantitative estimate of drug-likeness (QED) is 0.582. The number of benzene rings is 1. The predicted molar refractivity (Wildman–Crippen MR) is 66.2 cm³/mol. The Morgan fingerprint density at radius 2 is 1.94 bits per heavy atom. The first-order valence-electron chi connectivity index (χ1n) is 5.85. The highest BCUT2D eigenvalue weighted by Crippen LogP contribution is 2.16. The van der Waals surface area contributed by atoms with Crippen molar-refractivity contribution >= 4 is 11.8 Å². The predicted octanol–water partition coefficient (Wildman–Crippen LogP) is 1.40.